The number of rotatable bonds is 4. The molecule has 0 saturated heterocycles. The smallest absolute Gasteiger partial charge is 0.250 e. The molecule has 1 N–H and O–H groups in total. The zero-order chi connectivity index (χ0) is 15.9. The molecule has 0 radical (unpaired) electrons. The van der Waals surface area contributed by atoms with Crippen LogP contribution >= 0.6 is 12.2 Å². The van der Waals surface area contributed by atoms with E-state index in [1.165, 1.54) is 6.08 Å². The number of para-hydroxylation sites is 1. The summed E-state index contributed by atoms with van der Waals surface area (Å²) in [5.74, 6) is 1.15. The second-order valence-electron chi connectivity index (χ2n) is 4.66. The molecule has 0 aliphatic carbocycles. The summed E-state index contributed by atoms with van der Waals surface area (Å²) in [5, 5.41) is 3.07. The number of anilines is 1. The summed E-state index contributed by atoms with van der Waals surface area (Å²) in [6.45, 7) is 4.50. The summed E-state index contributed by atoms with van der Waals surface area (Å²) in [6, 6.07) is 13.3. The van der Waals surface area contributed by atoms with Gasteiger partial charge in [0, 0.05) is 18.3 Å². The number of aryl methyl sites for hydroxylation is 1. The van der Waals surface area contributed by atoms with Gasteiger partial charge in [0.15, 0.2) is 5.11 Å². The molecular formula is C17H18N2O2S. The third kappa shape index (κ3) is 4.30. The number of hydrogen-bond donors (Lipinski definition) is 1. The molecule has 1 amide bonds. The molecule has 0 fully saturated rings. The summed E-state index contributed by atoms with van der Waals surface area (Å²) in [7, 11) is 0. The summed E-state index contributed by atoms with van der Waals surface area (Å²) in [4.78, 5) is 13.8. The zero-order valence-corrected chi connectivity index (χ0v) is 13.4. The molecule has 1 heterocycles. The van der Waals surface area contributed by atoms with Gasteiger partial charge in [-0.3, -0.25) is 10.1 Å². The fourth-order valence-electron chi connectivity index (χ4n) is 1.97. The van der Waals surface area contributed by atoms with Gasteiger partial charge in [-0.15, -0.1) is 0 Å². The minimum atomic E-state index is -0.284. The normalized spacial score (nSPS) is 10.6. The summed E-state index contributed by atoms with van der Waals surface area (Å²) >= 11 is 5.30. The molecule has 2 rings (SSSR count). The SMILES string of the molecule is CCN(C(=S)NC(=O)C=Cc1ccc(C)o1)c1ccccc1. The molecule has 0 unspecified atom stereocenters. The van der Waals surface area contributed by atoms with Gasteiger partial charge in [-0.1, -0.05) is 18.2 Å². The molecule has 5 heteroatoms. The van der Waals surface area contributed by atoms with Crippen molar-refractivity contribution in [2.45, 2.75) is 13.8 Å². The maximum Gasteiger partial charge on any atom is 0.250 e. The molecular weight excluding hydrogens is 296 g/mol. The maximum absolute atomic E-state index is 11.9. The van der Waals surface area contributed by atoms with E-state index in [4.69, 9.17) is 16.6 Å². The number of nitrogens with one attached hydrogen (secondary N) is 1. The van der Waals surface area contributed by atoms with Crippen LogP contribution in [0.15, 0.2) is 53.0 Å². The van der Waals surface area contributed by atoms with Crippen LogP contribution < -0.4 is 10.2 Å². The number of furan rings is 1. The fourth-order valence-corrected chi connectivity index (χ4v) is 2.30. The molecule has 114 valence electrons. The van der Waals surface area contributed by atoms with E-state index in [-0.39, 0.29) is 5.91 Å². The molecule has 0 aliphatic heterocycles. The Labute approximate surface area is 135 Å². The van der Waals surface area contributed by atoms with Gasteiger partial charge in [-0.05, 0) is 56.4 Å². The van der Waals surface area contributed by atoms with Crippen molar-refractivity contribution in [1.29, 1.82) is 0 Å². The number of amides is 1. The van der Waals surface area contributed by atoms with Crippen LogP contribution in [0.2, 0.25) is 0 Å². The first-order valence-corrected chi connectivity index (χ1v) is 7.43. The van der Waals surface area contributed by atoms with E-state index in [0.29, 0.717) is 17.4 Å². The number of hydrogen-bond acceptors (Lipinski definition) is 3. The average Bonchev–Trinajstić information content (AvgIpc) is 2.93. The number of carbonyl (C=O) groups excluding carboxylic acids is 1. The van der Waals surface area contributed by atoms with E-state index < -0.39 is 0 Å². The maximum atomic E-state index is 11.9. The van der Waals surface area contributed by atoms with E-state index in [2.05, 4.69) is 5.32 Å². The van der Waals surface area contributed by atoms with Gasteiger partial charge in [0.05, 0.1) is 0 Å². The minimum absolute atomic E-state index is 0.284. The predicted octanol–water partition coefficient (Wildman–Crippen LogP) is 3.53. The third-order valence-electron chi connectivity index (χ3n) is 3.02. The van der Waals surface area contributed by atoms with Gasteiger partial charge >= 0.3 is 0 Å². The van der Waals surface area contributed by atoms with Crippen molar-refractivity contribution in [3.8, 4) is 0 Å². The van der Waals surface area contributed by atoms with Gasteiger partial charge < -0.3 is 9.32 Å². The standard InChI is InChI=1S/C17H18N2O2S/c1-3-19(14-7-5-4-6-8-14)17(22)18-16(20)12-11-15-10-9-13(2)21-15/h4-12H,3H2,1-2H3,(H,18,20,22). The molecule has 0 atom stereocenters. The Kier molecular flexibility index (Phi) is 5.49. The quantitative estimate of drug-likeness (QED) is 0.693. The lowest BCUT2D eigenvalue weighted by molar-refractivity contribution is -0.115. The van der Waals surface area contributed by atoms with Crippen LogP contribution in [0.1, 0.15) is 18.4 Å². The number of benzene rings is 1. The minimum Gasteiger partial charge on any atom is -0.462 e. The summed E-state index contributed by atoms with van der Waals surface area (Å²) in [6.07, 6.45) is 3.02. The van der Waals surface area contributed by atoms with Gasteiger partial charge in [-0.25, -0.2) is 0 Å². The van der Waals surface area contributed by atoms with E-state index in [0.717, 1.165) is 11.4 Å². The lowest BCUT2D eigenvalue weighted by Crippen LogP contribution is -2.42. The highest BCUT2D eigenvalue weighted by Crippen LogP contribution is 2.13. The Hall–Kier alpha value is -2.40. The lowest BCUT2D eigenvalue weighted by atomic mass is 10.3. The van der Waals surface area contributed by atoms with E-state index in [1.807, 2.05) is 55.1 Å². The molecule has 4 nitrogen and oxygen atoms in total. The van der Waals surface area contributed by atoms with E-state index >= 15 is 0 Å². The Morgan fingerprint density at radius 1 is 1.27 bits per heavy atom. The van der Waals surface area contributed by atoms with Crippen LogP contribution in [-0.2, 0) is 4.79 Å². The second kappa shape index (κ2) is 7.56. The molecule has 1 aromatic carbocycles. The predicted molar refractivity (Wildman–Crippen MR) is 92.7 cm³/mol. The van der Waals surface area contributed by atoms with Crippen LogP contribution in [0.3, 0.4) is 0 Å². The Balaban J connectivity index is 1.98. The molecule has 1 aromatic heterocycles. The first-order chi connectivity index (χ1) is 10.6. The Morgan fingerprint density at radius 2 is 2.00 bits per heavy atom. The Bertz CT molecular complexity index is 677. The van der Waals surface area contributed by atoms with Crippen LogP contribution in [0.25, 0.3) is 6.08 Å². The summed E-state index contributed by atoms with van der Waals surface area (Å²) < 4.78 is 5.37. The van der Waals surface area contributed by atoms with E-state index in [9.17, 15) is 4.79 Å². The van der Waals surface area contributed by atoms with Gasteiger partial charge in [-0.2, -0.15) is 0 Å². The molecule has 22 heavy (non-hydrogen) atoms. The van der Waals surface area contributed by atoms with Crippen molar-refractivity contribution in [2.75, 3.05) is 11.4 Å². The molecule has 0 spiro atoms. The van der Waals surface area contributed by atoms with Gasteiger partial charge in [0.1, 0.15) is 11.5 Å². The van der Waals surface area contributed by atoms with E-state index in [1.54, 1.807) is 12.1 Å². The van der Waals surface area contributed by atoms with Crippen molar-refractivity contribution >= 4 is 35.0 Å². The fraction of sp³-hybridized carbons (Fsp3) is 0.176. The molecule has 0 saturated carbocycles. The number of nitrogens with zero attached hydrogens (tertiary/aromatic N) is 1. The number of thiocarbonyl (C=S) groups is 1. The first-order valence-electron chi connectivity index (χ1n) is 7.02. The summed E-state index contributed by atoms with van der Waals surface area (Å²) in [5.41, 5.74) is 0.945. The largest absolute Gasteiger partial charge is 0.462 e. The zero-order valence-electron chi connectivity index (χ0n) is 12.6. The number of carbonyl (C=O) groups is 1. The van der Waals surface area contributed by atoms with Crippen molar-refractivity contribution in [2.24, 2.45) is 0 Å². The highest BCUT2D eigenvalue weighted by Gasteiger charge is 2.11. The first kappa shape index (κ1) is 16.0. The monoisotopic (exact) mass is 314 g/mol. The van der Waals surface area contributed by atoms with Gasteiger partial charge in [0.25, 0.3) is 0 Å². The van der Waals surface area contributed by atoms with Crippen LogP contribution in [0.4, 0.5) is 5.69 Å². The van der Waals surface area contributed by atoms with Gasteiger partial charge in [0.2, 0.25) is 5.91 Å². The second-order valence-corrected chi connectivity index (χ2v) is 5.04. The third-order valence-corrected chi connectivity index (χ3v) is 3.34. The highest BCUT2D eigenvalue weighted by molar-refractivity contribution is 7.80. The Morgan fingerprint density at radius 3 is 2.59 bits per heavy atom. The average molecular weight is 314 g/mol. The van der Waals surface area contributed by atoms with Crippen molar-refractivity contribution in [1.82, 2.24) is 5.32 Å². The van der Waals surface area contributed by atoms with Crippen molar-refractivity contribution in [3.05, 3.63) is 60.1 Å². The lowest BCUT2D eigenvalue weighted by Gasteiger charge is -2.23. The van der Waals surface area contributed by atoms with Crippen LogP contribution in [0.5, 0.6) is 0 Å². The van der Waals surface area contributed by atoms with Crippen LogP contribution in [-0.4, -0.2) is 17.6 Å². The molecule has 2 aromatic rings. The highest BCUT2D eigenvalue weighted by atomic mass is 32.1. The topological polar surface area (TPSA) is 45.5 Å². The molecule has 0 aliphatic rings. The molecule has 0 bridgehead atoms. The van der Waals surface area contributed by atoms with Crippen molar-refractivity contribution < 1.29 is 9.21 Å². The van der Waals surface area contributed by atoms with Crippen LogP contribution in [0, 0.1) is 6.92 Å². The van der Waals surface area contributed by atoms with Crippen molar-refractivity contribution in [3.63, 3.8) is 0 Å².